The van der Waals surface area contributed by atoms with Gasteiger partial charge in [-0.3, -0.25) is 9.48 Å². The highest BCUT2D eigenvalue weighted by atomic mass is 19.1. The Morgan fingerprint density at radius 1 is 1.08 bits per heavy atom. The zero-order chi connectivity index (χ0) is 18.8. The van der Waals surface area contributed by atoms with E-state index in [4.69, 9.17) is 0 Å². The maximum atomic E-state index is 14.1. The lowest BCUT2D eigenvalue weighted by Gasteiger charge is -2.12. The van der Waals surface area contributed by atoms with Gasteiger partial charge in [0.1, 0.15) is 29.8 Å². The van der Waals surface area contributed by atoms with Crippen molar-refractivity contribution in [3.63, 3.8) is 0 Å². The van der Waals surface area contributed by atoms with Crippen molar-refractivity contribution >= 4 is 11.6 Å². The Bertz CT molecular complexity index is 985. The molecule has 0 spiro atoms. The predicted molar refractivity (Wildman–Crippen MR) is 87.7 cm³/mol. The Labute approximate surface area is 146 Å². The third-order valence-corrected chi connectivity index (χ3v) is 3.73. The fraction of sp³-hybridized carbons (Fsp3) is 0.111. The summed E-state index contributed by atoms with van der Waals surface area (Å²) in [4.78, 5) is 12.4. The summed E-state index contributed by atoms with van der Waals surface area (Å²) in [6, 6.07) is 6.18. The van der Waals surface area contributed by atoms with Crippen LogP contribution in [-0.2, 0) is 13.7 Å². The van der Waals surface area contributed by atoms with E-state index >= 15 is 0 Å². The number of aryl methyl sites for hydroxylation is 1. The van der Waals surface area contributed by atoms with Crippen LogP contribution in [0.25, 0.3) is 11.1 Å². The van der Waals surface area contributed by atoms with E-state index in [1.807, 2.05) is 0 Å². The van der Waals surface area contributed by atoms with E-state index in [2.05, 4.69) is 10.4 Å². The van der Waals surface area contributed by atoms with Crippen LogP contribution in [0.3, 0.4) is 0 Å². The maximum Gasteiger partial charge on any atom is 0.259 e. The van der Waals surface area contributed by atoms with E-state index in [0.29, 0.717) is 6.07 Å². The third kappa shape index (κ3) is 3.44. The molecule has 134 valence electrons. The average Bonchev–Trinajstić information content (AvgIpc) is 2.98. The number of hydrogen-bond donors (Lipinski definition) is 1. The minimum absolute atomic E-state index is 0.00449. The second kappa shape index (κ2) is 6.99. The number of amides is 1. The highest BCUT2D eigenvalue weighted by molar-refractivity contribution is 6.06. The minimum atomic E-state index is -0.938. The monoisotopic (exact) mass is 363 g/mol. The molecule has 0 atom stereocenters. The highest BCUT2D eigenvalue weighted by Gasteiger charge is 2.19. The van der Waals surface area contributed by atoms with Gasteiger partial charge in [0, 0.05) is 36.1 Å². The van der Waals surface area contributed by atoms with Gasteiger partial charge in [0.15, 0.2) is 0 Å². The quantitative estimate of drug-likeness (QED) is 0.706. The van der Waals surface area contributed by atoms with E-state index in [9.17, 15) is 22.4 Å². The van der Waals surface area contributed by atoms with Crippen LogP contribution >= 0.6 is 0 Å². The molecule has 26 heavy (non-hydrogen) atoms. The van der Waals surface area contributed by atoms with Gasteiger partial charge in [0.25, 0.3) is 5.91 Å². The van der Waals surface area contributed by atoms with Crippen molar-refractivity contribution < 1.29 is 22.4 Å². The molecule has 0 aliphatic rings. The zero-order valence-electron chi connectivity index (χ0n) is 13.6. The van der Waals surface area contributed by atoms with Crippen molar-refractivity contribution in [2.45, 2.75) is 6.67 Å². The molecule has 0 aliphatic carbocycles. The molecule has 1 amide bonds. The zero-order valence-corrected chi connectivity index (χ0v) is 13.6. The van der Waals surface area contributed by atoms with E-state index < -0.39 is 30.0 Å². The summed E-state index contributed by atoms with van der Waals surface area (Å²) in [5, 5.41) is 6.33. The Kier molecular flexibility index (Phi) is 4.75. The number of halogens is 4. The van der Waals surface area contributed by atoms with E-state index in [1.54, 1.807) is 0 Å². The first kappa shape index (κ1) is 17.7. The molecular weight excluding hydrogens is 350 g/mol. The topological polar surface area (TPSA) is 46.9 Å². The number of nitrogens with one attached hydrogen (secondary N) is 1. The van der Waals surface area contributed by atoms with Gasteiger partial charge in [-0.1, -0.05) is 0 Å². The molecule has 0 fully saturated rings. The molecule has 0 aliphatic heterocycles. The Morgan fingerprint density at radius 3 is 2.46 bits per heavy atom. The number of rotatable bonds is 4. The minimum Gasteiger partial charge on any atom is -0.321 e. The van der Waals surface area contributed by atoms with Crippen LogP contribution < -0.4 is 5.32 Å². The molecule has 0 saturated carbocycles. The molecule has 0 bridgehead atoms. The van der Waals surface area contributed by atoms with Gasteiger partial charge in [-0.15, -0.1) is 0 Å². The van der Waals surface area contributed by atoms with Gasteiger partial charge in [-0.05, 0) is 30.3 Å². The van der Waals surface area contributed by atoms with Gasteiger partial charge in [-0.25, -0.2) is 17.6 Å². The van der Waals surface area contributed by atoms with Crippen molar-refractivity contribution in [2.24, 2.45) is 7.05 Å². The van der Waals surface area contributed by atoms with E-state index in [-0.39, 0.29) is 28.1 Å². The van der Waals surface area contributed by atoms with Crippen LogP contribution in [0.5, 0.6) is 0 Å². The number of hydrogen-bond acceptors (Lipinski definition) is 2. The molecule has 0 radical (unpaired) electrons. The second-order valence-corrected chi connectivity index (χ2v) is 5.56. The molecule has 1 aromatic heterocycles. The molecule has 4 nitrogen and oxygen atoms in total. The Morgan fingerprint density at radius 2 is 1.77 bits per heavy atom. The number of aromatic nitrogens is 2. The number of alkyl halides is 1. The SMILES string of the molecule is Cn1cc(C(=O)Nc2ccc(F)cc2-c2ccc(F)cc2F)c(CF)n1. The molecule has 1 heterocycles. The van der Waals surface area contributed by atoms with Crippen LogP contribution in [0.2, 0.25) is 0 Å². The molecule has 0 saturated heterocycles. The van der Waals surface area contributed by atoms with Crippen molar-refractivity contribution in [3.8, 4) is 11.1 Å². The van der Waals surface area contributed by atoms with Crippen LogP contribution in [-0.4, -0.2) is 15.7 Å². The lowest BCUT2D eigenvalue weighted by atomic mass is 10.0. The molecule has 8 heteroatoms. The molecule has 0 unspecified atom stereocenters. The largest absolute Gasteiger partial charge is 0.321 e. The summed E-state index contributed by atoms with van der Waals surface area (Å²) in [5.74, 6) is -3.03. The first-order valence-electron chi connectivity index (χ1n) is 7.54. The molecule has 3 aromatic rings. The first-order valence-corrected chi connectivity index (χ1v) is 7.54. The number of benzene rings is 2. The van der Waals surface area contributed by atoms with Crippen LogP contribution in [0.1, 0.15) is 16.1 Å². The molecule has 1 N–H and O–H groups in total. The highest BCUT2D eigenvalue weighted by Crippen LogP contribution is 2.31. The van der Waals surface area contributed by atoms with E-state index in [0.717, 1.165) is 24.3 Å². The van der Waals surface area contributed by atoms with Crippen molar-refractivity contribution in [1.29, 1.82) is 0 Å². The maximum absolute atomic E-state index is 14.1. The van der Waals surface area contributed by atoms with Gasteiger partial charge in [-0.2, -0.15) is 5.10 Å². The normalized spacial score (nSPS) is 10.8. The summed E-state index contributed by atoms with van der Waals surface area (Å²) < 4.78 is 55.2. The Balaban J connectivity index is 2.02. The summed E-state index contributed by atoms with van der Waals surface area (Å²) in [6.07, 6.45) is 1.34. The number of carbonyl (C=O) groups excluding carboxylic acids is 1. The predicted octanol–water partition coefficient (Wildman–Crippen LogP) is 4.23. The Hall–Kier alpha value is -3.16. The van der Waals surface area contributed by atoms with Gasteiger partial charge in [0.2, 0.25) is 0 Å². The third-order valence-electron chi connectivity index (χ3n) is 3.73. The van der Waals surface area contributed by atoms with Gasteiger partial charge >= 0.3 is 0 Å². The molecular formula is C18H13F4N3O. The van der Waals surface area contributed by atoms with Crippen LogP contribution in [0.15, 0.2) is 42.6 Å². The van der Waals surface area contributed by atoms with Crippen LogP contribution in [0, 0.1) is 17.5 Å². The number of anilines is 1. The number of nitrogens with zero attached hydrogens (tertiary/aromatic N) is 2. The fourth-order valence-corrected chi connectivity index (χ4v) is 2.57. The average molecular weight is 363 g/mol. The number of carbonyl (C=O) groups is 1. The van der Waals surface area contributed by atoms with Gasteiger partial charge < -0.3 is 5.32 Å². The lowest BCUT2D eigenvalue weighted by Crippen LogP contribution is -2.14. The molecule has 2 aromatic carbocycles. The van der Waals surface area contributed by atoms with Crippen LogP contribution in [0.4, 0.5) is 23.2 Å². The summed E-state index contributed by atoms with van der Waals surface area (Å²) >= 11 is 0. The van der Waals surface area contributed by atoms with Gasteiger partial charge in [0.05, 0.1) is 5.56 Å². The lowest BCUT2D eigenvalue weighted by molar-refractivity contribution is 0.102. The summed E-state index contributed by atoms with van der Waals surface area (Å²) in [7, 11) is 1.53. The first-order chi connectivity index (χ1) is 12.4. The van der Waals surface area contributed by atoms with Crippen molar-refractivity contribution in [1.82, 2.24) is 9.78 Å². The molecule has 3 rings (SSSR count). The summed E-state index contributed by atoms with van der Waals surface area (Å²) in [5.41, 5.74) is -0.0123. The smallest absolute Gasteiger partial charge is 0.259 e. The second-order valence-electron chi connectivity index (χ2n) is 5.56. The van der Waals surface area contributed by atoms with E-state index in [1.165, 1.54) is 24.0 Å². The fourth-order valence-electron chi connectivity index (χ4n) is 2.57. The summed E-state index contributed by atoms with van der Waals surface area (Å²) in [6.45, 7) is -0.938. The van der Waals surface area contributed by atoms with Crippen molar-refractivity contribution in [3.05, 3.63) is 71.3 Å². The van der Waals surface area contributed by atoms with Crippen molar-refractivity contribution in [2.75, 3.05) is 5.32 Å². The standard InChI is InChI=1S/C18H13F4N3O/c1-25-9-14(17(8-19)24-25)18(26)23-16-5-3-10(20)6-13(16)12-4-2-11(21)7-15(12)22/h2-7,9H,8H2,1H3,(H,23,26).